The van der Waals surface area contributed by atoms with Crippen LogP contribution in [-0.4, -0.2) is 32.2 Å². The Morgan fingerprint density at radius 3 is 2.52 bits per heavy atom. The third-order valence-corrected chi connectivity index (χ3v) is 5.09. The Labute approximate surface area is 169 Å². The van der Waals surface area contributed by atoms with Crippen molar-refractivity contribution < 1.29 is 9.59 Å². The summed E-state index contributed by atoms with van der Waals surface area (Å²) in [6.45, 7) is 3.89. The van der Waals surface area contributed by atoms with Crippen LogP contribution in [0.5, 0.6) is 0 Å². The standard InChI is InChI=1S/C23H22N4O2/c1-15-5-3-4-6-20(15)23(29)27(14-28)13-17-9-21(18-7-8-18)26-22(10-17)19-11-24-16(2)25-12-19/h3-6,9-12,14,18H,7-8,13H2,1-2H3. The number of hydrogen-bond donors (Lipinski definition) is 0. The van der Waals surface area contributed by atoms with Gasteiger partial charge in [0.05, 0.1) is 12.2 Å². The molecule has 2 heterocycles. The maximum Gasteiger partial charge on any atom is 0.260 e. The first-order valence-electron chi connectivity index (χ1n) is 9.67. The van der Waals surface area contributed by atoms with Crippen LogP contribution < -0.4 is 0 Å². The van der Waals surface area contributed by atoms with Crippen molar-refractivity contribution in [3.8, 4) is 11.3 Å². The Kier molecular flexibility index (Phi) is 5.16. The second kappa shape index (κ2) is 7.91. The van der Waals surface area contributed by atoms with Crippen molar-refractivity contribution in [1.29, 1.82) is 0 Å². The average molecular weight is 386 g/mol. The van der Waals surface area contributed by atoms with Crippen molar-refractivity contribution in [2.24, 2.45) is 0 Å². The zero-order valence-corrected chi connectivity index (χ0v) is 16.5. The van der Waals surface area contributed by atoms with Gasteiger partial charge in [-0.1, -0.05) is 18.2 Å². The van der Waals surface area contributed by atoms with Gasteiger partial charge in [-0.05, 0) is 56.0 Å². The molecule has 29 heavy (non-hydrogen) atoms. The number of nitrogens with zero attached hydrogens (tertiary/aromatic N) is 4. The van der Waals surface area contributed by atoms with Crippen molar-refractivity contribution in [3.05, 3.63) is 77.0 Å². The minimum absolute atomic E-state index is 0.193. The van der Waals surface area contributed by atoms with Crippen molar-refractivity contribution in [2.45, 2.75) is 39.2 Å². The van der Waals surface area contributed by atoms with Crippen LogP contribution in [0.25, 0.3) is 11.3 Å². The molecule has 1 aromatic carbocycles. The van der Waals surface area contributed by atoms with Crippen LogP contribution >= 0.6 is 0 Å². The monoisotopic (exact) mass is 386 g/mol. The lowest BCUT2D eigenvalue weighted by atomic mass is 10.1. The zero-order chi connectivity index (χ0) is 20.4. The minimum Gasteiger partial charge on any atom is -0.278 e. The van der Waals surface area contributed by atoms with Crippen LogP contribution in [0.2, 0.25) is 0 Å². The molecule has 6 nitrogen and oxygen atoms in total. The first-order valence-corrected chi connectivity index (χ1v) is 9.67. The molecule has 6 heteroatoms. The molecule has 146 valence electrons. The number of pyridine rings is 1. The van der Waals surface area contributed by atoms with Gasteiger partial charge in [-0.25, -0.2) is 9.97 Å². The maximum atomic E-state index is 12.9. The Hall–Kier alpha value is -3.41. The van der Waals surface area contributed by atoms with Gasteiger partial charge in [0.15, 0.2) is 0 Å². The Morgan fingerprint density at radius 2 is 1.86 bits per heavy atom. The molecule has 2 aromatic heterocycles. The summed E-state index contributed by atoms with van der Waals surface area (Å²) in [5, 5.41) is 0. The maximum absolute atomic E-state index is 12.9. The van der Waals surface area contributed by atoms with Crippen molar-refractivity contribution in [2.75, 3.05) is 0 Å². The first kappa shape index (κ1) is 18.9. The largest absolute Gasteiger partial charge is 0.278 e. The highest BCUT2D eigenvalue weighted by Crippen LogP contribution is 2.40. The molecule has 1 aliphatic carbocycles. The van der Waals surface area contributed by atoms with Gasteiger partial charge < -0.3 is 0 Å². The fourth-order valence-electron chi connectivity index (χ4n) is 3.28. The molecular formula is C23H22N4O2. The second-order valence-corrected chi connectivity index (χ2v) is 7.43. The van der Waals surface area contributed by atoms with E-state index in [2.05, 4.69) is 9.97 Å². The van der Waals surface area contributed by atoms with Gasteiger partial charge in [-0.3, -0.25) is 19.5 Å². The number of hydrogen-bond acceptors (Lipinski definition) is 5. The van der Waals surface area contributed by atoms with Crippen LogP contribution in [-0.2, 0) is 11.3 Å². The normalized spacial score (nSPS) is 13.2. The molecule has 2 amide bonds. The number of aryl methyl sites for hydroxylation is 2. The number of aromatic nitrogens is 3. The van der Waals surface area contributed by atoms with Gasteiger partial charge in [0.1, 0.15) is 5.82 Å². The smallest absolute Gasteiger partial charge is 0.260 e. The Bertz CT molecular complexity index is 1060. The molecular weight excluding hydrogens is 364 g/mol. The van der Waals surface area contributed by atoms with Crippen molar-refractivity contribution in [1.82, 2.24) is 19.9 Å². The van der Waals surface area contributed by atoms with E-state index in [9.17, 15) is 9.59 Å². The van der Waals surface area contributed by atoms with E-state index in [0.29, 0.717) is 23.7 Å². The average Bonchev–Trinajstić information content (AvgIpc) is 3.58. The highest BCUT2D eigenvalue weighted by Gasteiger charge is 2.26. The Balaban J connectivity index is 1.66. The highest BCUT2D eigenvalue weighted by atomic mass is 16.2. The predicted octanol–water partition coefficient (Wildman–Crippen LogP) is 3.83. The number of imide groups is 1. The summed E-state index contributed by atoms with van der Waals surface area (Å²) < 4.78 is 0. The predicted molar refractivity (Wildman–Crippen MR) is 109 cm³/mol. The van der Waals surface area contributed by atoms with Crippen molar-refractivity contribution in [3.63, 3.8) is 0 Å². The SMILES string of the molecule is Cc1ncc(-c2cc(CN(C=O)C(=O)c3ccccc3C)cc(C3CC3)n2)cn1. The molecule has 1 fully saturated rings. The molecule has 1 saturated carbocycles. The van der Waals surface area contributed by atoms with Crippen LogP contribution in [0.3, 0.4) is 0 Å². The lowest BCUT2D eigenvalue weighted by Crippen LogP contribution is -2.29. The third-order valence-electron chi connectivity index (χ3n) is 5.09. The van der Waals surface area contributed by atoms with E-state index in [0.717, 1.165) is 40.9 Å². The topological polar surface area (TPSA) is 76.1 Å². The third kappa shape index (κ3) is 4.21. The van der Waals surface area contributed by atoms with Crippen LogP contribution in [0.4, 0.5) is 0 Å². The molecule has 4 rings (SSSR count). The van der Waals surface area contributed by atoms with Gasteiger partial charge in [-0.15, -0.1) is 0 Å². The summed E-state index contributed by atoms with van der Waals surface area (Å²) in [5.41, 5.74) is 4.82. The van der Waals surface area contributed by atoms with E-state index in [-0.39, 0.29) is 12.5 Å². The first-order chi connectivity index (χ1) is 14.0. The molecule has 0 atom stereocenters. The van der Waals surface area contributed by atoms with Gasteiger partial charge in [0, 0.05) is 35.1 Å². The molecule has 0 N–H and O–H groups in total. The zero-order valence-electron chi connectivity index (χ0n) is 16.5. The summed E-state index contributed by atoms with van der Waals surface area (Å²) in [6, 6.07) is 11.2. The minimum atomic E-state index is -0.303. The number of carbonyl (C=O) groups is 2. The highest BCUT2D eigenvalue weighted by molar-refractivity contribution is 6.00. The Morgan fingerprint density at radius 1 is 1.14 bits per heavy atom. The molecule has 0 spiro atoms. The summed E-state index contributed by atoms with van der Waals surface area (Å²) in [5.74, 6) is 0.836. The second-order valence-electron chi connectivity index (χ2n) is 7.43. The van der Waals surface area contributed by atoms with Crippen LogP contribution in [0.1, 0.15) is 51.8 Å². The number of rotatable bonds is 6. The fraction of sp³-hybridized carbons (Fsp3) is 0.261. The lowest BCUT2D eigenvalue weighted by molar-refractivity contribution is -0.116. The van der Waals surface area contributed by atoms with Gasteiger partial charge in [0.2, 0.25) is 6.41 Å². The number of carbonyl (C=O) groups excluding carboxylic acids is 2. The molecule has 0 aliphatic heterocycles. The van der Waals surface area contributed by atoms with Crippen LogP contribution in [0, 0.1) is 13.8 Å². The lowest BCUT2D eigenvalue weighted by Gasteiger charge is -2.18. The molecule has 0 bridgehead atoms. The van der Waals surface area contributed by atoms with Crippen molar-refractivity contribution >= 4 is 12.3 Å². The van der Waals surface area contributed by atoms with Gasteiger partial charge in [0.25, 0.3) is 5.91 Å². The fourth-order valence-corrected chi connectivity index (χ4v) is 3.28. The summed E-state index contributed by atoms with van der Waals surface area (Å²) in [4.78, 5) is 39.1. The molecule has 0 unspecified atom stereocenters. The quantitative estimate of drug-likeness (QED) is 0.602. The van der Waals surface area contributed by atoms with E-state index < -0.39 is 0 Å². The van der Waals surface area contributed by atoms with Crippen LogP contribution in [0.15, 0.2) is 48.8 Å². The van der Waals surface area contributed by atoms with E-state index in [1.165, 1.54) is 4.90 Å². The number of amides is 2. The number of benzene rings is 1. The summed E-state index contributed by atoms with van der Waals surface area (Å²) >= 11 is 0. The van der Waals surface area contributed by atoms with E-state index in [4.69, 9.17) is 4.98 Å². The molecule has 0 saturated heterocycles. The van der Waals surface area contributed by atoms with Gasteiger partial charge >= 0.3 is 0 Å². The molecule has 3 aromatic rings. The van der Waals surface area contributed by atoms with E-state index >= 15 is 0 Å². The molecule has 1 aliphatic rings. The van der Waals surface area contributed by atoms with E-state index in [1.807, 2.05) is 38.1 Å². The summed E-state index contributed by atoms with van der Waals surface area (Å²) in [7, 11) is 0. The van der Waals surface area contributed by atoms with Gasteiger partial charge in [-0.2, -0.15) is 0 Å². The summed E-state index contributed by atoms with van der Waals surface area (Å²) in [6.07, 6.45) is 6.32. The molecule has 0 radical (unpaired) electrons. The van der Waals surface area contributed by atoms with E-state index in [1.54, 1.807) is 24.5 Å².